The van der Waals surface area contributed by atoms with E-state index in [2.05, 4.69) is 5.38 Å². The maximum atomic E-state index is 11.0. The zero-order valence-electron chi connectivity index (χ0n) is 8.25. The van der Waals surface area contributed by atoms with Crippen molar-refractivity contribution in [2.45, 2.75) is 6.54 Å². The smallest absolute Gasteiger partial charge is 0.350 e. The molecule has 2 radical (unpaired) electrons. The predicted molar refractivity (Wildman–Crippen MR) is 54.6 cm³/mol. The third kappa shape index (κ3) is 2.31. The normalized spacial score (nSPS) is 9.62. The molecule has 0 spiro atoms. The fourth-order valence-corrected chi connectivity index (χ4v) is 2.48. The number of aromatic carboxylic acids is 1. The number of carbonyl (C=O) groups is 1. The van der Waals surface area contributed by atoms with Crippen LogP contribution >= 0.6 is 11.3 Å². The number of hydrogen-bond donors (Lipinski definition) is 1. The van der Waals surface area contributed by atoms with Gasteiger partial charge in [0.25, 0.3) is 0 Å². The molecule has 0 aliphatic carbocycles. The van der Waals surface area contributed by atoms with Gasteiger partial charge in [-0.15, -0.1) is 11.9 Å². The Bertz CT molecular complexity index is 507. The van der Waals surface area contributed by atoms with Crippen molar-refractivity contribution in [3.8, 4) is 0 Å². The van der Waals surface area contributed by atoms with Crippen LogP contribution in [0.5, 0.6) is 0 Å². The van der Waals surface area contributed by atoms with Gasteiger partial charge in [0.2, 0.25) is 0 Å². The molecule has 4 nitrogen and oxygen atoms in total. The molecule has 0 fully saturated rings. The fourth-order valence-electron chi connectivity index (χ4n) is 1.59. The van der Waals surface area contributed by atoms with Crippen LogP contribution in [0.1, 0.15) is 16.1 Å². The maximum absolute atomic E-state index is 11.0. The molecule has 0 amide bonds. The third-order valence-electron chi connectivity index (χ3n) is 2.23. The number of carboxylic acid groups (broad SMARTS) is 1. The Hall–Kier alpha value is -0.00532. The number of aryl methyl sites for hydroxylation is 1. The summed E-state index contributed by atoms with van der Waals surface area (Å²) in [6, 6.07) is 1.76. The SMILES string of the molecule is Cn1c(C(=O)O)c(C[NH-])c2s[c-]cc21.[Re].[Re]. The van der Waals surface area contributed by atoms with Crippen LogP contribution in [0, 0.1) is 5.38 Å². The zero-order valence-corrected chi connectivity index (χ0v) is 14.5. The number of nitrogens with one attached hydrogen (secondary N) is 1. The molecule has 2 heterocycles. The van der Waals surface area contributed by atoms with Gasteiger partial charge in [-0.3, -0.25) is 11.3 Å². The topological polar surface area (TPSA) is 66.0 Å². The molecule has 2 rings (SSSR count). The summed E-state index contributed by atoms with van der Waals surface area (Å²) in [5.41, 5.74) is 8.97. The number of thiophene rings is 1. The van der Waals surface area contributed by atoms with E-state index >= 15 is 0 Å². The van der Waals surface area contributed by atoms with Gasteiger partial charge in [-0.25, -0.2) is 4.79 Å². The second-order valence-corrected chi connectivity index (χ2v) is 3.79. The Morgan fingerprint density at radius 1 is 1.62 bits per heavy atom. The van der Waals surface area contributed by atoms with Gasteiger partial charge in [0.1, 0.15) is 5.69 Å². The molecular weight excluding hydrogens is 573 g/mol. The minimum absolute atomic E-state index is 0. The molecule has 0 bridgehead atoms. The Labute approximate surface area is 124 Å². The first-order valence-electron chi connectivity index (χ1n) is 4.01. The first kappa shape index (κ1) is 16.0. The number of rotatable bonds is 2. The summed E-state index contributed by atoms with van der Waals surface area (Å²) in [5, 5.41) is 11.9. The summed E-state index contributed by atoms with van der Waals surface area (Å²) in [5.74, 6) is -0.974. The van der Waals surface area contributed by atoms with Gasteiger partial charge in [0, 0.05) is 40.8 Å². The first-order chi connectivity index (χ1) is 6.66. The van der Waals surface area contributed by atoms with E-state index in [0.717, 1.165) is 10.2 Å². The average molecular weight is 581 g/mol. The summed E-state index contributed by atoms with van der Waals surface area (Å²) < 4.78 is 2.47. The van der Waals surface area contributed by atoms with Gasteiger partial charge >= 0.3 is 5.97 Å². The van der Waals surface area contributed by atoms with Crippen LogP contribution in [0.4, 0.5) is 0 Å². The van der Waals surface area contributed by atoms with Crippen LogP contribution in [-0.2, 0) is 54.4 Å². The standard InChI is InChI=1S/C9H8N2O2S.2Re/c1-11-6-2-3-14-8(6)5(4-10)7(11)9(12)13;;/h2,10H,4H2,1H3,(H,12,13);;/q-2;;. The monoisotopic (exact) mass is 582 g/mol. The summed E-state index contributed by atoms with van der Waals surface area (Å²) in [7, 11) is 1.70. The van der Waals surface area contributed by atoms with Gasteiger partial charge in [-0.2, -0.15) is 6.07 Å². The number of nitrogens with zero attached hydrogens (tertiary/aromatic N) is 1. The Morgan fingerprint density at radius 2 is 2.25 bits per heavy atom. The summed E-state index contributed by atoms with van der Waals surface area (Å²) >= 11 is 1.36. The molecule has 0 saturated heterocycles. The molecule has 0 atom stereocenters. The minimum atomic E-state index is -0.974. The van der Waals surface area contributed by atoms with Crippen LogP contribution < -0.4 is 0 Å². The van der Waals surface area contributed by atoms with Crippen molar-refractivity contribution in [2.24, 2.45) is 7.05 Å². The second kappa shape index (κ2) is 6.07. The predicted octanol–water partition coefficient (Wildman–Crippen LogP) is 2.29. The van der Waals surface area contributed by atoms with Crippen LogP contribution in [0.2, 0.25) is 0 Å². The average Bonchev–Trinajstić information content (AvgIpc) is 2.67. The van der Waals surface area contributed by atoms with E-state index in [0.29, 0.717) is 5.56 Å². The second-order valence-electron chi connectivity index (χ2n) is 2.95. The minimum Gasteiger partial charge on any atom is -0.674 e. The van der Waals surface area contributed by atoms with E-state index in [1.165, 1.54) is 11.3 Å². The summed E-state index contributed by atoms with van der Waals surface area (Å²) in [6.07, 6.45) is 0. The van der Waals surface area contributed by atoms with E-state index < -0.39 is 5.97 Å². The molecule has 0 aliphatic rings. The van der Waals surface area contributed by atoms with Gasteiger partial charge in [-0.05, 0) is 7.05 Å². The van der Waals surface area contributed by atoms with Crippen molar-refractivity contribution in [1.82, 2.24) is 4.57 Å². The van der Waals surface area contributed by atoms with E-state index in [4.69, 9.17) is 10.8 Å². The van der Waals surface area contributed by atoms with Crippen molar-refractivity contribution < 1.29 is 50.7 Å². The summed E-state index contributed by atoms with van der Waals surface area (Å²) in [6.45, 7) is -0.00662. The van der Waals surface area contributed by atoms with Crippen molar-refractivity contribution in [3.05, 3.63) is 28.4 Å². The van der Waals surface area contributed by atoms with E-state index in [1.807, 2.05) is 0 Å². The van der Waals surface area contributed by atoms with Crippen molar-refractivity contribution >= 4 is 27.5 Å². The molecule has 0 aromatic carbocycles. The van der Waals surface area contributed by atoms with Gasteiger partial charge in [-0.1, -0.05) is 15.8 Å². The zero-order chi connectivity index (χ0) is 10.3. The Kier molecular flexibility index (Phi) is 6.07. The number of carboxylic acids is 1. The van der Waals surface area contributed by atoms with E-state index in [9.17, 15) is 4.79 Å². The van der Waals surface area contributed by atoms with Crippen LogP contribution in [0.15, 0.2) is 6.07 Å². The van der Waals surface area contributed by atoms with Crippen LogP contribution in [0.3, 0.4) is 0 Å². The molecule has 0 saturated carbocycles. The van der Waals surface area contributed by atoms with Crippen LogP contribution in [-0.4, -0.2) is 15.6 Å². The molecule has 2 aromatic rings. The van der Waals surface area contributed by atoms with Crippen molar-refractivity contribution in [2.75, 3.05) is 0 Å². The van der Waals surface area contributed by atoms with Crippen molar-refractivity contribution in [1.29, 1.82) is 0 Å². The van der Waals surface area contributed by atoms with Gasteiger partial charge in [0.15, 0.2) is 0 Å². The number of aromatic nitrogens is 1. The maximum Gasteiger partial charge on any atom is 0.350 e. The molecule has 0 unspecified atom stereocenters. The molecule has 0 aliphatic heterocycles. The molecule has 2 aromatic heterocycles. The summed E-state index contributed by atoms with van der Waals surface area (Å²) in [4.78, 5) is 11.0. The van der Waals surface area contributed by atoms with Crippen LogP contribution in [0.25, 0.3) is 16.0 Å². The number of hydrogen-bond acceptors (Lipinski definition) is 2. The molecular formula is C9H8N2O2Re2S-2. The Morgan fingerprint density at radius 3 is 2.75 bits per heavy atom. The Balaban J connectivity index is 0.00000112. The van der Waals surface area contributed by atoms with Crippen molar-refractivity contribution in [3.63, 3.8) is 0 Å². The number of fused-ring (bicyclic) bond motifs is 1. The third-order valence-corrected chi connectivity index (χ3v) is 3.12. The van der Waals surface area contributed by atoms with E-state index in [1.54, 1.807) is 17.7 Å². The van der Waals surface area contributed by atoms with Gasteiger partial charge in [0.05, 0.1) is 0 Å². The molecule has 7 heteroatoms. The van der Waals surface area contributed by atoms with E-state index in [-0.39, 0.29) is 53.1 Å². The first-order valence-corrected chi connectivity index (χ1v) is 4.83. The van der Waals surface area contributed by atoms with Gasteiger partial charge < -0.3 is 15.4 Å². The largest absolute Gasteiger partial charge is 0.674 e. The molecule has 16 heavy (non-hydrogen) atoms. The molecule has 2 N–H and O–H groups in total. The fraction of sp³-hybridized carbons (Fsp3) is 0.222. The molecule has 88 valence electrons. The quantitative estimate of drug-likeness (QED) is 0.555.